The van der Waals surface area contributed by atoms with Crippen LogP contribution in [0.2, 0.25) is 0 Å². The van der Waals surface area contributed by atoms with Crippen LogP contribution in [0.15, 0.2) is 12.3 Å². The van der Waals surface area contributed by atoms with Gasteiger partial charge in [-0.2, -0.15) is 5.10 Å². The molecule has 92 valence electrons. The number of ether oxygens (including phenoxy) is 1. The van der Waals surface area contributed by atoms with E-state index in [0.29, 0.717) is 18.8 Å². The van der Waals surface area contributed by atoms with Gasteiger partial charge in [-0.3, -0.25) is 14.3 Å². The average molecular weight is 239 g/mol. The maximum Gasteiger partial charge on any atom is 0.325 e. The first-order valence-electron chi connectivity index (χ1n) is 5.33. The van der Waals surface area contributed by atoms with Crippen molar-refractivity contribution in [1.29, 1.82) is 0 Å². The first-order valence-corrected chi connectivity index (χ1v) is 5.33. The molecule has 1 aromatic rings. The van der Waals surface area contributed by atoms with Crippen LogP contribution in [-0.4, -0.2) is 39.5 Å². The number of amides is 1. The molecule has 1 atom stereocenters. The third-order valence-corrected chi connectivity index (χ3v) is 2.41. The standard InChI is InChI=1S/C10H13N3O4/c14-9(15)6-13-4-3-8(12-13)11-10(16)7-2-1-5-17-7/h3-4,7H,1-2,5-6H2,(H,14,15)(H,11,12,16). The van der Waals surface area contributed by atoms with Crippen LogP contribution in [0.3, 0.4) is 0 Å². The van der Waals surface area contributed by atoms with E-state index in [9.17, 15) is 9.59 Å². The first kappa shape index (κ1) is 11.6. The van der Waals surface area contributed by atoms with E-state index in [1.165, 1.54) is 10.9 Å². The van der Waals surface area contributed by atoms with Crippen molar-refractivity contribution in [3.63, 3.8) is 0 Å². The van der Waals surface area contributed by atoms with Crippen molar-refractivity contribution < 1.29 is 19.4 Å². The van der Waals surface area contributed by atoms with Crippen LogP contribution in [0, 0.1) is 0 Å². The van der Waals surface area contributed by atoms with Gasteiger partial charge in [-0.1, -0.05) is 0 Å². The summed E-state index contributed by atoms with van der Waals surface area (Å²) in [6.45, 7) is 0.376. The molecule has 0 radical (unpaired) electrons. The van der Waals surface area contributed by atoms with Crippen molar-refractivity contribution in [2.24, 2.45) is 0 Å². The highest BCUT2D eigenvalue weighted by atomic mass is 16.5. The molecule has 1 amide bonds. The lowest BCUT2D eigenvalue weighted by Gasteiger charge is -2.07. The zero-order valence-electron chi connectivity index (χ0n) is 9.13. The molecule has 1 aliphatic heterocycles. The number of hydrogen-bond donors (Lipinski definition) is 2. The molecule has 0 saturated carbocycles. The molecule has 2 rings (SSSR count). The summed E-state index contributed by atoms with van der Waals surface area (Å²) in [6.07, 6.45) is 2.67. The minimum Gasteiger partial charge on any atom is -0.480 e. The van der Waals surface area contributed by atoms with Crippen molar-refractivity contribution in [3.05, 3.63) is 12.3 Å². The number of carboxylic acids is 1. The highest BCUT2D eigenvalue weighted by Gasteiger charge is 2.23. The maximum atomic E-state index is 11.6. The van der Waals surface area contributed by atoms with Gasteiger partial charge in [-0.15, -0.1) is 0 Å². The predicted molar refractivity (Wildman–Crippen MR) is 57.5 cm³/mol. The van der Waals surface area contributed by atoms with Crippen LogP contribution in [0.25, 0.3) is 0 Å². The van der Waals surface area contributed by atoms with Gasteiger partial charge in [0.25, 0.3) is 5.91 Å². The summed E-state index contributed by atoms with van der Waals surface area (Å²) in [5, 5.41) is 15.1. The molecule has 1 saturated heterocycles. The van der Waals surface area contributed by atoms with Crippen LogP contribution < -0.4 is 5.32 Å². The summed E-state index contributed by atoms with van der Waals surface area (Å²) in [5.41, 5.74) is 0. The third-order valence-electron chi connectivity index (χ3n) is 2.41. The normalized spacial score (nSPS) is 19.2. The van der Waals surface area contributed by atoms with Crippen molar-refractivity contribution in [3.8, 4) is 0 Å². The van der Waals surface area contributed by atoms with Crippen molar-refractivity contribution >= 4 is 17.7 Å². The van der Waals surface area contributed by atoms with Gasteiger partial charge in [0.05, 0.1) is 0 Å². The Labute approximate surface area is 97.4 Å². The van der Waals surface area contributed by atoms with Gasteiger partial charge in [0, 0.05) is 18.9 Å². The Morgan fingerprint density at radius 3 is 3.12 bits per heavy atom. The van der Waals surface area contributed by atoms with E-state index in [4.69, 9.17) is 9.84 Å². The molecule has 0 bridgehead atoms. The number of nitrogens with one attached hydrogen (secondary N) is 1. The van der Waals surface area contributed by atoms with Crippen LogP contribution in [-0.2, 0) is 20.9 Å². The fraction of sp³-hybridized carbons (Fsp3) is 0.500. The largest absolute Gasteiger partial charge is 0.480 e. The number of nitrogens with zero attached hydrogens (tertiary/aromatic N) is 2. The molecule has 2 N–H and O–H groups in total. The van der Waals surface area contributed by atoms with E-state index >= 15 is 0 Å². The fourth-order valence-corrected chi connectivity index (χ4v) is 1.65. The summed E-state index contributed by atoms with van der Waals surface area (Å²) in [7, 11) is 0. The second-order valence-corrected chi connectivity index (χ2v) is 3.78. The Bertz CT molecular complexity index is 423. The highest BCUT2D eigenvalue weighted by molar-refractivity contribution is 5.93. The van der Waals surface area contributed by atoms with Gasteiger partial charge in [-0.05, 0) is 12.8 Å². The number of carbonyl (C=O) groups excluding carboxylic acids is 1. The molecular formula is C10H13N3O4. The van der Waals surface area contributed by atoms with E-state index in [-0.39, 0.29) is 12.5 Å². The number of aliphatic carboxylic acids is 1. The Kier molecular flexibility index (Phi) is 3.38. The molecule has 1 fully saturated rings. The lowest BCUT2D eigenvalue weighted by molar-refractivity contribution is -0.137. The SMILES string of the molecule is O=C(O)Cn1ccc(NC(=O)C2CCCO2)n1. The van der Waals surface area contributed by atoms with Crippen LogP contribution in [0.1, 0.15) is 12.8 Å². The van der Waals surface area contributed by atoms with Gasteiger partial charge in [0.2, 0.25) is 0 Å². The molecule has 1 unspecified atom stereocenters. The monoisotopic (exact) mass is 239 g/mol. The minimum absolute atomic E-state index is 0.226. The lowest BCUT2D eigenvalue weighted by atomic mass is 10.2. The van der Waals surface area contributed by atoms with E-state index < -0.39 is 12.1 Å². The highest BCUT2D eigenvalue weighted by Crippen LogP contribution is 2.14. The Hall–Kier alpha value is -1.89. The Morgan fingerprint density at radius 2 is 2.47 bits per heavy atom. The molecule has 0 aliphatic carbocycles. The summed E-state index contributed by atoms with van der Waals surface area (Å²) in [4.78, 5) is 22.1. The number of carboxylic acid groups (broad SMARTS) is 1. The van der Waals surface area contributed by atoms with E-state index in [0.717, 1.165) is 6.42 Å². The van der Waals surface area contributed by atoms with Gasteiger partial charge in [-0.25, -0.2) is 0 Å². The van der Waals surface area contributed by atoms with Crippen molar-refractivity contribution in [2.75, 3.05) is 11.9 Å². The average Bonchev–Trinajstić information content (AvgIpc) is 2.87. The molecule has 0 aromatic carbocycles. The number of carbonyl (C=O) groups is 2. The van der Waals surface area contributed by atoms with Gasteiger partial charge < -0.3 is 15.2 Å². The van der Waals surface area contributed by atoms with Gasteiger partial charge in [0.1, 0.15) is 12.6 Å². The molecule has 1 aromatic heterocycles. The zero-order chi connectivity index (χ0) is 12.3. The minimum atomic E-state index is -0.981. The molecule has 17 heavy (non-hydrogen) atoms. The van der Waals surface area contributed by atoms with Crippen LogP contribution >= 0.6 is 0 Å². The van der Waals surface area contributed by atoms with Gasteiger partial charge >= 0.3 is 5.97 Å². The van der Waals surface area contributed by atoms with E-state index in [1.54, 1.807) is 6.07 Å². The number of anilines is 1. The summed E-state index contributed by atoms with van der Waals surface area (Å²) >= 11 is 0. The lowest BCUT2D eigenvalue weighted by Crippen LogP contribution is -2.27. The zero-order valence-corrected chi connectivity index (χ0v) is 9.13. The second-order valence-electron chi connectivity index (χ2n) is 3.78. The molecular weight excluding hydrogens is 226 g/mol. The second kappa shape index (κ2) is 4.96. The van der Waals surface area contributed by atoms with E-state index in [1.807, 2.05) is 0 Å². The molecule has 1 aliphatic rings. The first-order chi connectivity index (χ1) is 8.15. The fourth-order valence-electron chi connectivity index (χ4n) is 1.65. The number of rotatable bonds is 4. The quantitative estimate of drug-likeness (QED) is 0.776. The van der Waals surface area contributed by atoms with Crippen LogP contribution in [0.5, 0.6) is 0 Å². The smallest absolute Gasteiger partial charge is 0.325 e. The summed E-state index contributed by atoms with van der Waals surface area (Å²) in [6, 6.07) is 1.55. The topological polar surface area (TPSA) is 93.5 Å². The van der Waals surface area contributed by atoms with Crippen molar-refractivity contribution in [2.45, 2.75) is 25.5 Å². The molecule has 7 heteroatoms. The number of aromatic nitrogens is 2. The summed E-state index contributed by atoms with van der Waals surface area (Å²) in [5.74, 6) is -0.875. The third kappa shape index (κ3) is 3.04. The number of hydrogen-bond acceptors (Lipinski definition) is 4. The molecule has 2 heterocycles. The Morgan fingerprint density at radius 1 is 1.65 bits per heavy atom. The molecule has 0 spiro atoms. The Balaban J connectivity index is 1.91. The van der Waals surface area contributed by atoms with E-state index in [2.05, 4.69) is 10.4 Å². The van der Waals surface area contributed by atoms with Crippen molar-refractivity contribution in [1.82, 2.24) is 9.78 Å². The van der Waals surface area contributed by atoms with Crippen LogP contribution in [0.4, 0.5) is 5.82 Å². The summed E-state index contributed by atoms with van der Waals surface area (Å²) < 4.78 is 6.46. The van der Waals surface area contributed by atoms with Gasteiger partial charge in [0.15, 0.2) is 5.82 Å². The predicted octanol–water partition coefficient (Wildman–Crippen LogP) is 0.0852. The molecule has 7 nitrogen and oxygen atoms in total. The maximum absolute atomic E-state index is 11.6.